The molecule has 22 heavy (non-hydrogen) atoms. The minimum absolute atomic E-state index is 0.0209. The van der Waals surface area contributed by atoms with Crippen molar-refractivity contribution in [1.82, 2.24) is 0 Å². The molecule has 0 saturated heterocycles. The van der Waals surface area contributed by atoms with Gasteiger partial charge >= 0.3 is 6.18 Å². The fourth-order valence-corrected chi connectivity index (χ4v) is 2.91. The van der Waals surface area contributed by atoms with E-state index in [9.17, 15) is 21.6 Å². The van der Waals surface area contributed by atoms with Crippen LogP contribution in [0.3, 0.4) is 0 Å². The Kier molecular flexibility index (Phi) is 5.67. The molecule has 1 aromatic rings. The highest BCUT2D eigenvalue weighted by molar-refractivity contribution is 7.85. The molecule has 0 radical (unpaired) electrons. The van der Waals surface area contributed by atoms with E-state index >= 15 is 0 Å². The van der Waals surface area contributed by atoms with Crippen LogP contribution in [0.5, 0.6) is 0 Å². The van der Waals surface area contributed by atoms with E-state index in [-0.39, 0.29) is 11.3 Å². The maximum Gasteiger partial charge on any atom is 0.392 e. The minimum atomic E-state index is -4.24. The van der Waals surface area contributed by atoms with Crippen LogP contribution in [0.4, 0.5) is 13.2 Å². The first-order valence-electron chi connectivity index (χ1n) is 6.95. The zero-order chi connectivity index (χ0) is 17.2. The second kappa shape index (κ2) is 6.58. The summed E-state index contributed by atoms with van der Waals surface area (Å²) in [5.41, 5.74) is -0.116. The van der Waals surface area contributed by atoms with E-state index in [0.29, 0.717) is 12.8 Å². The summed E-state index contributed by atoms with van der Waals surface area (Å²) in [6.45, 7) is 4.73. The van der Waals surface area contributed by atoms with Crippen LogP contribution in [0.2, 0.25) is 0 Å². The lowest BCUT2D eigenvalue weighted by Crippen LogP contribution is -2.34. The zero-order valence-corrected chi connectivity index (χ0v) is 13.6. The Hall–Kier alpha value is -1.08. The van der Waals surface area contributed by atoms with E-state index in [2.05, 4.69) is 0 Å². The number of hydrogen-bond acceptors (Lipinski definition) is 2. The standard InChI is InChI=1S/C15H21F3O3S/c1-14(2,3)13(15(16,17)18)6-4-5-11-7-9-12(10-8-11)22(19,20)21/h7-10,13H,4-6H2,1-3H3,(H,19,20,21). The third kappa shape index (κ3) is 5.61. The van der Waals surface area contributed by atoms with E-state index in [1.54, 1.807) is 20.8 Å². The molecule has 0 aliphatic rings. The van der Waals surface area contributed by atoms with Gasteiger partial charge in [0.25, 0.3) is 10.1 Å². The molecule has 1 aromatic carbocycles. The maximum absolute atomic E-state index is 13.0. The van der Waals surface area contributed by atoms with Crippen LogP contribution >= 0.6 is 0 Å². The Balaban J connectivity index is 2.67. The smallest absolute Gasteiger partial charge is 0.282 e. The highest BCUT2D eigenvalue weighted by Gasteiger charge is 2.45. The Bertz CT molecular complexity index is 570. The Morgan fingerprint density at radius 2 is 1.59 bits per heavy atom. The third-order valence-electron chi connectivity index (χ3n) is 3.62. The average Bonchev–Trinajstić information content (AvgIpc) is 2.31. The van der Waals surface area contributed by atoms with Gasteiger partial charge < -0.3 is 0 Å². The molecular formula is C15H21F3O3S. The molecule has 0 heterocycles. The van der Waals surface area contributed by atoms with Gasteiger partial charge in [-0.05, 0) is 42.4 Å². The molecule has 0 aliphatic heterocycles. The summed E-state index contributed by atoms with van der Waals surface area (Å²) in [6.07, 6.45) is -3.43. The second-order valence-electron chi connectivity index (χ2n) is 6.47. The summed E-state index contributed by atoms with van der Waals surface area (Å²) in [4.78, 5) is -0.223. The molecular weight excluding hydrogens is 317 g/mol. The summed E-state index contributed by atoms with van der Waals surface area (Å²) in [6, 6.07) is 5.50. The highest BCUT2D eigenvalue weighted by atomic mass is 32.2. The van der Waals surface area contributed by atoms with Gasteiger partial charge in [-0.15, -0.1) is 0 Å². The van der Waals surface area contributed by atoms with E-state index in [1.807, 2.05) is 0 Å². The zero-order valence-electron chi connectivity index (χ0n) is 12.8. The number of benzene rings is 1. The van der Waals surface area contributed by atoms with Crippen LogP contribution < -0.4 is 0 Å². The van der Waals surface area contributed by atoms with Crippen LogP contribution in [0.15, 0.2) is 29.2 Å². The maximum atomic E-state index is 13.0. The van der Waals surface area contributed by atoms with E-state index < -0.39 is 27.6 Å². The molecule has 0 aromatic heterocycles. The van der Waals surface area contributed by atoms with Crippen molar-refractivity contribution in [2.24, 2.45) is 11.3 Å². The molecule has 126 valence electrons. The van der Waals surface area contributed by atoms with Crippen molar-refractivity contribution >= 4 is 10.1 Å². The van der Waals surface area contributed by atoms with Crippen molar-refractivity contribution in [2.45, 2.75) is 51.1 Å². The van der Waals surface area contributed by atoms with Gasteiger partial charge in [0.1, 0.15) is 0 Å². The Morgan fingerprint density at radius 3 is 1.95 bits per heavy atom. The van der Waals surface area contributed by atoms with Gasteiger partial charge in [-0.3, -0.25) is 4.55 Å². The normalized spacial score (nSPS) is 14.9. The lowest BCUT2D eigenvalue weighted by Gasteiger charge is -2.32. The fraction of sp³-hybridized carbons (Fsp3) is 0.600. The lowest BCUT2D eigenvalue weighted by atomic mass is 9.77. The van der Waals surface area contributed by atoms with Crippen LogP contribution in [-0.2, 0) is 16.5 Å². The van der Waals surface area contributed by atoms with Crippen molar-refractivity contribution in [2.75, 3.05) is 0 Å². The summed E-state index contributed by atoms with van der Waals surface area (Å²) < 4.78 is 69.7. The summed E-state index contributed by atoms with van der Waals surface area (Å²) in [5.74, 6) is -1.38. The predicted molar refractivity (Wildman–Crippen MR) is 78.2 cm³/mol. The first-order chi connectivity index (χ1) is 9.82. The van der Waals surface area contributed by atoms with E-state index in [4.69, 9.17) is 4.55 Å². The number of halogens is 3. The number of rotatable bonds is 5. The average molecular weight is 338 g/mol. The van der Waals surface area contributed by atoms with Gasteiger partial charge in [0.2, 0.25) is 0 Å². The SMILES string of the molecule is CC(C)(C)C(CCCc1ccc(S(=O)(=O)O)cc1)C(F)(F)F. The number of hydrogen-bond donors (Lipinski definition) is 1. The van der Waals surface area contributed by atoms with Crippen molar-refractivity contribution in [3.63, 3.8) is 0 Å². The van der Waals surface area contributed by atoms with Gasteiger partial charge in [0, 0.05) is 0 Å². The van der Waals surface area contributed by atoms with E-state index in [1.165, 1.54) is 24.3 Å². The van der Waals surface area contributed by atoms with Crippen LogP contribution in [0.1, 0.15) is 39.2 Å². The molecule has 1 unspecified atom stereocenters. The lowest BCUT2D eigenvalue weighted by molar-refractivity contribution is -0.202. The molecule has 1 rings (SSSR count). The minimum Gasteiger partial charge on any atom is -0.282 e. The quantitative estimate of drug-likeness (QED) is 0.805. The van der Waals surface area contributed by atoms with Crippen molar-refractivity contribution in [1.29, 1.82) is 0 Å². The summed E-state index contributed by atoms with van der Waals surface area (Å²) >= 11 is 0. The Morgan fingerprint density at radius 1 is 1.09 bits per heavy atom. The second-order valence-corrected chi connectivity index (χ2v) is 7.89. The first-order valence-corrected chi connectivity index (χ1v) is 8.39. The van der Waals surface area contributed by atoms with Crippen LogP contribution in [0.25, 0.3) is 0 Å². The topological polar surface area (TPSA) is 54.4 Å². The largest absolute Gasteiger partial charge is 0.392 e. The summed E-state index contributed by atoms with van der Waals surface area (Å²) in [7, 11) is -4.24. The van der Waals surface area contributed by atoms with Gasteiger partial charge in [-0.1, -0.05) is 32.9 Å². The summed E-state index contributed by atoms with van der Waals surface area (Å²) in [5, 5.41) is 0. The monoisotopic (exact) mass is 338 g/mol. The van der Waals surface area contributed by atoms with Gasteiger partial charge in [-0.25, -0.2) is 0 Å². The van der Waals surface area contributed by atoms with Gasteiger partial charge in [-0.2, -0.15) is 21.6 Å². The fourth-order valence-electron chi connectivity index (χ4n) is 2.43. The van der Waals surface area contributed by atoms with Crippen molar-refractivity contribution < 1.29 is 26.1 Å². The molecule has 0 spiro atoms. The highest BCUT2D eigenvalue weighted by Crippen LogP contribution is 2.42. The Labute approximate surface area is 129 Å². The molecule has 0 saturated carbocycles. The molecule has 0 aliphatic carbocycles. The molecule has 1 N–H and O–H groups in total. The van der Waals surface area contributed by atoms with Crippen LogP contribution in [-0.4, -0.2) is 19.1 Å². The number of alkyl halides is 3. The number of aryl methyl sites for hydroxylation is 1. The molecule has 0 bridgehead atoms. The van der Waals surface area contributed by atoms with Crippen LogP contribution in [0, 0.1) is 11.3 Å². The van der Waals surface area contributed by atoms with E-state index in [0.717, 1.165) is 5.56 Å². The molecule has 7 heteroatoms. The van der Waals surface area contributed by atoms with Gasteiger partial charge in [0.05, 0.1) is 10.8 Å². The van der Waals surface area contributed by atoms with Gasteiger partial charge in [0.15, 0.2) is 0 Å². The molecule has 1 atom stereocenters. The predicted octanol–water partition coefficient (Wildman–Crippen LogP) is 4.48. The first kappa shape index (κ1) is 19.0. The third-order valence-corrected chi connectivity index (χ3v) is 4.49. The molecule has 3 nitrogen and oxygen atoms in total. The molecule has 0 fully saturated rings. The van der Waals surface area contributed by atoms with Crippen molar-refractivity contribution in [3.05, 3.63) is 29.8 Å². The van der Waals surface area contributed by atoms with Crippen molar-refractivity contribution in [3.8, 4) is 0 Å². The molecule has 0 amide bonds.